The summed E-state index contributed by atoms with van der Waals surface area (Å²) in [4.78, 5) is 41.3. The molecule has 0 radical (unpaired) electrons. The minimum Gasteiger partial charge on any atom is -0.378 e. The monoisotopic (exact) mass is 449 g/mol. The number of aryl methyl sites for hydroxylation is 1. The molecule has 2 aliphatic rings. The number of benzene rings is 1. The summed E-state index contributed by atoms with van der Waals surface area (Å²) in [5, 5.41) is 0. The molecule has 1 saturated heterocycles. The van der Waals surface area contributed by atoms with Crippen LogP contribution in [-0.2, 0) is 11.2 Å². The van der Waals surface area contributed by atoms with Gasteiger partial charge in [0.2, 0.25) is 5.91 Å². The summed E-state index contributed by atoms with van der Waals surface area (Å²) in [5.41, 5.74) is 3.82. The number of aromatic nitrogens is 2. The summed E-state index contributed by atoms with van der Waals surface area (Å²) in [5.74, 6) is 2.35. The number of carbonyl (C=O) groups excluding carboxylic acids is 2. The molecule has 3 heterocycles. The third-order valence-electron chi connectivity index (χ3n) is 6.76. The second kappa shape index (κ2) is 9.49. The predicted octanol–water partition coefficient (Wildman–Crippen LogP) is 3.81. The summed E-state index contributed by atoms with van der Waals surface area (Å²) in [6.45, 7) is 8.34. The van der Waals surface area contributed by atoms with E-state index in [1.807, 2.05) is 60.0 Å². The first-order chi connectivity index (χ1) is 15.7. The summed E-state index contributed by atoms with van der Waals surface area (Å²) < 4.78 is 0. The van der Waals surface area contributed by atoms with Gasteiger partial charge < -0.3 is 9.80 Å². The Bertz CT molecular complexity index is 1030. The van der Waals surface area contributed by atoms with E-state index in [2.05, 4.69) is 13.8 Å². The first kappa shape index (κ1) is 23.2. The van der Waals surface area contributed by atoms with Crippen LogP contribution in [-0.4, -0.2) is 60.4 Å². The van der Waals surface area contributed by atoms with Crippen molar-refractivity contribution in [3.63, 3.8) is 0 Å². The molecule has 2 amide bonds. The van der Waals surface area contributed by atoms with Crippen molar-refractivity contribution in [1.29, 1.82) is 0 Å². The average Bonchev–Trinajstić information content (AvgIpc) is 3.28. The fraction of sp³-hybridized carbons (Fsp3) is 0.538. The predicted molar refractivity (Wildman–Crippen MR) is 131 cm³/mol. The molecule has 0 saturated carbocycles. The lowest BCUT2D eigenvalue weighted by Crippen LogP contribution is -2.38. The summed E-state index contributed by atoms with van der Waals surface area (Å²) in [6, 6.07) is 7.73. The molecule has 2 aliphatic heterocycles. The summed E-state index contributed by atoms with van der Waals surface area (Å²) in [7, 11) is 3.97. The van der Waals surface area contributed by atoms with Crippen molar-refractivity contribution in [3.05, 3.63) is 46.9 Å². The van der Waals surface area contributed by atoms with Crippen LogP contribution in [0.4, 0.5) is 11.5 Å². The van der Waals surface area contributed by atoms with Crippen LogP contribution in [0, 0.1) is 12.8 Å². The quantitative estimate of drug-likeness (QED) is 0.671. The van der Waals surface area contributed by atoms with Crippen molar-refractivity contribution in [1.82, 2.24) is 14.9 Å². The van der Waals surface area contributed by atoms with Crippen LogP contribution in [0.25, 0.3) is 0 Å². The molecule has 33 heavy (non-hydrogen) atoms. The normalized spacial score (nSPS) is 18.1. The van der Waals surface area contributed by atoms with E-state index >= 15 is 0 Å². The van der Waals surface area contributed by atoms with Crippen molar-refractivity contribution < 1.29 is 9.59 Å². The second-order valence-corrected chi connectivity index (χ2v) is 9.88. The van der Waals surface area contributed by atoms with Gasteiger partial charge >= 0.3 is 0 Å². The Balaban J connectivity index is 1.52. The number of hydrogen-bond donors (Lipinski definition) is 0. The zero-order chi connectivity index (χ0) is 23.7. The molecule has 1 atom stereocenters. The molecule has 1 aromatic carbocycles. The van der Waals surface area contributed by atoms with Crippen LogP contribution in [0.2, 0.25) is 0 Å². The van der Waals surface area contributed by atoms with E-state index in [1.54, 1.807) is 0 Å². The van der Waals surface area contributed by atoms with Gasteiger partial charge in [0.15, 0.2) is 0 Å². The van der Waals surface area contributed by atoms with Gasteiger partial charge in [0, 0.05) is 68.6 Å². The van der Waals surface area contributed by atoms with E-state index in [-0.39, 0.29) is 17.7 Å². The molecule has 4 rings (SSSR count). The second-order valence-electron chi connectivity index (χ2n) is 9.88. The molecule has 0 spiro atoms. The minimum absolute atomic E-state index is 0.0474. The number of anilines is 2. The van der Waals surface area contributed by atoms with Gasteiger partial charge in [0.1, 0.15) is 11.6 Å². The topological polar surface area (TPSA) is 69.6 Å². The Morgan fingerprint density at radius 3 is 2.55 bits per heavy atom. The molecule has 0 N–H and O–H groups in total. The number of hydrogen-bond acceptors (Lipinski definition) is 5. The van der Waals surface area contributed by atoms with Gasteiger partial charge in [-0.1, -0.05) is 13.8 Å². The highest BCUT2D eigenvalue weighted by molar-refractivity contribution is 5.96. The molecule has 7 nitrogen and oxygen atoms in total. The molecule has 0 aliphatic carbocycles. The van der Waals surface area contributed by atoms with Crippen LogP contribution >= 0.6 is 0 Å². The maximum Gasteiger partial charge on any atom is 0.253 e. The summed E-state index contributed by atoms with van der Waals surface area (Å²) in [6.07, 6.45) is 3.01. The zero-order valence-corrected chi connectivity index (χ0v) is 20.5. The maximum absolute atomic E-state index is 13.1. The number of fused-ring (bicyclic) bond motifs is 1. The average molecular weight is 450 g/mol. The number of nitrogens with zero attached hydrogens (tertiary/aromatic N) is 5. The van der Waals surface area contributed by atoms with E-state index in [1.165, 1.54) is 0 Å². The molecular weight excluding hydrogens is 414 g/mol. The Morgan fingerprint density at radius 2 is 1.88 bits per heavy atom. The van der Waals surface area contributed by atoms with Crippen LogP contribution in [0.15, 0.2) is 24.3 Å². The van der Waals surface area contributed by atoms with Gasteiger partial charge in [-0.25, -0.2) is 9.97 Å². The van der Waals surface area contributed by atoms with Crippen molar-refractivity contribution >= 4 is 23.3 Å². The SMILES string of the molecule is Cc1nc([C@@H]2CCN(C(=O)c3ccc(N(C)C)cc3)C2)nc2c1CCC(=O)N2CCC(C)C. The number of likely N-dealkylation sites (tertiary alicyclic amines) is 1. The molecule has 2 aromatic rings. The third-order valence-corrected chi connectivity index (χ3v) is 6.76. The highest BCUT2D eigenvalue weighted by Crippen LogP contribution is 2.33. The number of rotatable bonds is 6. The molecular formula is C26H35N5O2. The van der Waals surface area contributed by atoms with Gasteiger partial charge in [-0.05, 0) is 56.4 Å². The highest BCUT2D eigenvalue weighted by atomic mass is 16.2. The number of amides is 2. The molecule has 7 heteroatoms. The minimum atomic E-state index is 0.0474. The first-order valence-corrected chi connectivity index (χ1v) is 12.0. The fourth-order valence-electron chi connectivity index (χ4n) is 4.64. The van der Waals surface area contributed by atoms with E-state index in [0.29, 0.717) is 44.0 Å². The van der Waals surface area contributed by atoms with E-state index in [0.717, 1.165) is 41.4 Å². The lowest BCUT2D eigenvalue weighted by molar-refractivity contribution is -0.119. The summed E-state index contributed by atoms with van der Waals surface area (Å²) >= 11 is 0. The van der Waals surface area contributed by atoms with Crippen molar-refractivity contribution in [2.24, 2.45) is 5.92 Å². The zero-order valence-electron chi connectivity index (χ0n) is 20.5. The molecule has 1 aromatic heterocycles. The molecule has 0 bridgehead atoms. The van der Waals surface area contributed by atoms with Crippen LogP contribution in [0.5, 0.6) is 0 Å². The van der Waals surface area contributed by atoms with Crippen LogP contribution in [0.1, 0.15) is 66.5 Å². The Morgan fingerprint density at radius 1 is 1.15 bits per heavy atom. The maximum atomic E-state index is 13.1. The standard InChI is InChI=1S/C26H35N5O2/c1-17(2)12-15-31-23(32)11-10-22-18(3)27-24(28-25(22)31)20-13-14-30(16-20)26(33)19-6-8-21(9-7-19)29(4)5/h6-9,17,20H,10-16H2,1-5H3/t20-/m1/s1. The van der Waals surface area contributed by atoms with Crippen LogP contribution < -0.4 is 9.80 Å². The third kappa shape index (κ3) is 4.87. The molecule has 0 unspecified atom stereocenters. The Labute approximate surface area is 196 Å². The van der Waals surface area contributed by atoms with Gasteiger partial charge in [-0.3, -0.25) is 14.5 Å². The Hall–Kier alpha value is -2.96. The van der Waals surface area contributed by atoms with Gasteiger partial charge in [0.05, 0.1) is 0 Å². The van der Waals surface area contributed by atoms with Gasteiger partial charge in [-0.2, -0.15) is 0 Å². The van der Waals surface area contributed by atoms with Crippen molar-refractivity contribution in [3.8, 4) is 0 Å². The van der Waals surface area contributed by atoms with Gasteiger partial charge in [-0.15, -0.1) is 0 Å². The van der Waals surface area contributed by atoms with E-state index < -0.39 is 0 Å². The molecule has 176 valence electrons. The Kier molecular flexibility index (Phi) is 6.68. The van der Waals surface area contributed by atoms with Gasteiger partial charge in [0.25, 0.3) is 5.91 Å². The van der Waals surface area contributed by atoms with E-state index in [4.69, 9.17) is 9.97 Å². The van der Waals surface area contributed by atoms with Crippen molar-refractivity contribution in [2.75, 3.05) is 43.5 Å². The molecule has 1 fully saturated rings. The highest BCUT2D eigenvalue weighted by Gasteiger charge is 2.33. The van der Waals surface area contributed by atoms with Crippen LogP contribution in [0.3, 0.4) is 0 Å². The lowest BCUT2D eigenvalue weighted by atomic mass is 10.0. The number of carbonyl (C=O) groups is 2. The van der Waals surface area contributed by atoms with Crippen molar-refractivity contribution in [2.45, 2.75) is 52.4 Å². The first-order valence-electron chi connectivity index (χ1n) is 12.0. The smallest absolute Gasteiger partial charge is 0.253 e. The van der Waals surface area contributed by atoms with E-state index in [9.17, 15) is 9.59 Å². The largest absolute Gasteiger partial charge is 0.378 e. The fourth-order valence-corrected chi connectivity index (χ4v) is 4.64. The lowest BCUT2D eigenvalue weighted by Gasteiger charge is -2.30.